The predicted octanol–water partition coefficient (Wildman–Crippen LogP) is 3.01. The Morgan fingerprint density at radius 1 is 1.32 bits per heavy atom. The summed E-state index contributed by atoms with van der Waals surface area (Å²) in [6.07, 6.45) is 2.14. The molecule has 0 spiro atoms. The topological polar surface area (TPSA) is 52.1 Å². The summed E-state index contributed by atoms with van der Waals surface area (Å²) in [6, 6.07) is 9.41. The number of carbonyl (C=O) groups is 1. The van der Waals surface area contributed by atoms with E-state index in [-0.39, 0.29) is 0 Å². The molecule has 0 bridgehead atoms. The van der Waals surface area contributed by atoms with Gasteiger partial charge in [-0.05, 0) is 24.6 Å². The van der Waals surface area contributed by atoms with E-state index < -0.39 is 5.97 Å². The molecule has 1 heterocycles. The molecule has 19 heavy (non-hydrogen) atoms. The molecule has 0 aliphatic rings. The summed E-state index contributed by atoms with van der Waals surface area (Å²) < 4.78 is 5.92. The molecule has 0 radical (unpaired) electrons. The van der Waals surface area contributed by atoms with Crippen molar-refractivity contribution >= 4 is 21.9 Å². The third kappa shape index (κ3) is 3.61. The lowest BCUT2D eigenvalue weighted by Gasteiger charge is -2.05. The van der Waals surface area contributed by atoms with Gasteiger partial charge in [0.2, 0.25) is 0 Å². The van der Waals surface area contributed by atoms with Crippen molar-refractivity contribution in [3.05, 3.63) is 58.1 Å². The standard InChI is InChI=1S/C14H13BrN2O2/c1-2-19-14(18)12-7-8-16-13(17-12)9-10-5-3-4-6-11(10)15/h3-8H,2,9H2,1H3. The van der Waals surface area contributed by atoms with E-state index in [9.17, 15) is 4.79 Å². The van der Waals surface area contributed by atoms with Gasteiger partial charge in [-0.3, -0.25) is 0 Å². The molecule has 2 aromatic rings. The van der Waals surface area contributed by atoms with Crippen LogP contribution in [0.4, 0.5) is 0 Å². The second-order valence-electron chi connectivity index (χ2n) is 3.85. The fourth-order valence-electron chi connectivity index (χ4n) is 1.62. The van der Waals surface area contributed by atoms with Crippen molar-refractivity contribution in [1.29, 1.82) is 0 Å². The highest BCUT2D eigenvalue weighted by Gasteiger charge is 2.10. The lowest BCUT2D eigenvalue weighted by Crippen LogP contribution is -2.09. The zero-order valence-corrected chi connectivity index (χ0v) is 12.1. The first-order valence-corrected chi connectivity index (χ1v) is 6.72. The highest BCUT2D eigenvalue weighted by atomic mass is 79.9. The van der Waals surface area contributed by atoms with Crippen LogP contribution in [0.25, 0.3) is 0 Å². The van der Waals surface area contributed by atoms with Crippen molar-refractivity contribution < 1.29 is 9.53 Å². The van der Waals surface area contributed by atoms with E-state index in [1.165, 1.54) is 0 Å². The van der Waals surface area contributed by atoms with Crippen LogP contribution in [0.3, 0.4) is 0 Å². The van der Waals surface area contributed by atoms with Crippen molar-refractivity contribution in [2.24, 2.45) is 0 Å². The number of benzene rings is 1. The summed E-state index contributed by atoms with van der Waals surface area (Å²) in [7, 11) is 0. The van der Waals surface area contributed by atoms with E-state index in [4.69, 9.17) is 4.74 Å². The zero-order valence-electron chi connectivity index (χ0n) is 10.5. The Morgan fingerprint density at radius 3 is 2.84 bits per heavy atom. The quantitative estimate of drug-likeness (QED) is 0.812. The molecule has 2 rings (SSSR count). The highest BCUT2D eigenvalue weighted by molar-refractivity contribution is 9.10. The number of rotatable bonds is 4. The molecule has 5 heteroatoms. The predicted molar refractivity (Wildman–Crippen MR) is 74.9 cm³/mol. The van der Waals surface area contributed by atoms with Gasteiger partial charge in [0.15, 0.2) is 5.69 Å². The highest BCUT2D eigenvalue weighted by Crippen LogP contribution is 2.18. The minimum Gasteiger partial charge on any atom is -0.461 e. The van der Waals surface area contributed by atoms with Crippen LogP contribution < -0.4 is 0 Å². The Morgan fingerprint density at radius 2 is 2.11 bits per heavy atom. The van der Waals surface area contributed by atoms with Gasteiger partial charge in [-0.15, -0.1) is 0 Å². The first-order valence-electron chi connectivity index (χ1n) is 5.93. The molecule has 1 aromatic carbocycles. The van der Waals surface area contributed by atoms with Crippen molar-refractivity contribution in [1.82, 2.24) is 9.97 Å². The minimum atomic E-state index is -0.418. The van der Waals surface area contributed by atoms with Gasteiger partial charge >= 0.3 is 5.97 Å². The van der Waals surface area contributed by atoms with Gasteiger partial charge in [0.25, 0.3) is 0 Å². The molecule has 0 saturated heterocycles. The third-order valence-electron chi connectivity index (χ3n) is 2.50. The van der Waals surface area contributed by atoms with E-state index in [1.807, 2.05) is 24.3 Å². The first kappa shape index (κ1) is 13.7. The Bertz CT molecular complexity index is 587. The number of aromatic nitrogens is 2. The average Bonchev–Trinajstić information content (AvgIpc) is 2.42. The van der Waals surface area contributed by atoms with Crippen LogP contribution in [0.1, 0.15) is 28.8 Å². The third-order valence-corrected chi connectivity index (χ3v) is 3.27. The van der Waals surface area contributed by atoms with Crippen LogP contribution in [0, 0.1) is 0 Å². The van der Waals surface area contributed by atoms with Crippen LogP contribution in [0.15, 0.2) is 41.0 Å². The number of nitrogens with zero attached hydrogens (tertiary/aromatic N) is 2. The monoisotopic (exact) mass is 320 g/mol. The maximum Gasteiger partial charge on any atom is 0.357 e. The van der Waals surface area contributed by atoms with Gasteiger partial charge in [-0.1, -0.05) is 34.1 Å². The molecule has 98 valence electrons. The number of ether oxygens (including phenoxy) is 1. The summed E-state index contributed by atoms with van der Waals surface area (Å²) >= 11 is 3.48. The van der Waals surface area contributed by atoms with Crippen molar-refractivity contribution in [3.63, 3.8) is 0 Å². The van der Waals surface area contributed by atoms with Gasteiger partial charge < -0.3 is 4.74 Å². The largest absolute Gasteiger partial charge is 0.461 e. The van der Waals surface area contributed by atoms with Crippen LogP contribution in [0.5, 0.6) is 0 Å². The summed E-state index contributed by atoms with van der Waals surface area (Å²) in [4.78, 5) is 20.0. The second-order valence-corrected chi connectivity index (χ2v) is 4.70. The number of hydrogen-bond donors (Lipinski definition) is 0. The molecule has 0 amide bonds. The molecule has 0 atom stereocenters. The van der Waals surface area contributed by atoms with Gasteiger partial charge in [0.1, 0.15) is 5.82 Å². The van der Waals surface area contributed by atoms with Crippen molar-refractivity contribution in [2.45, 2.75) is 13.3 Å². The summed E-state index contributed by atoms with van der Waals surface area (Å²) in [5, 5.41) is 0. The fraction of sp³-hybridized carbons (Fsp3) is 0.214. The fourth-order valence-corrected chi connectivity index (χ4v) is 2.04. The van der Waals surface area contributed by atoms with Crippen LogP contribution in [0.2, 0.25) is 0 Å². The lowest BCUT2D eigenvalue weighted by molar-refractivity contribution is 0.0519. The van der Waals surface area contributed by atoms with E-state index in [0.29, 0.717) is 24.5 Å². The number of hydrogen-bond acceptors (Lipinski definition) is 4. The Labute approximate surface area is 120 Å². The van der Waals surface area contributed by atoms with Crippen LogP contribution >= 0.6 is 15.9 Å². The average molecular weight is 321 g/mol. The number of carbonyl (C=O) groups excluding carboxylic acids is 1. The van der Waals surface area contributed by atoms with Crippen molar-refractivity contribution in [3.8, 4) is 0 Å². The molecule has 0 aliphatic carbocycles. The van der Waals surface area contributed by atoms with Gasteiger partial charge in [0, 0.05) is 17.1 Å². The smallest absolute Gasteiger partial charge is 0.357 e. The molecule has 0 unspecified atom stereocenters. The summed E-state index contributed by atoms with van der Waals surface area (Å²) in [5.41, 5.74) is 1.36. The van der Waals surface area contributed by atoms with Gasteiger partial charge in [-0.25, -0.2) is 14.8 Å². The van der Waals surface area contributed by atoms with E-state index in [1.54, 1.807) is 19.2 Å². The van der Waals surface area contributed by atoms with Gasteiger partial charge in [0.05, 0.1) is 6.61 Å². The van der Waals surface area contributed by atoms with E-state index in [0.717, 1.165) is 10.0 Å². The summed E-state index contributed by atoms with van der Waals surface area (Å²) in [5.74, 6) is 0.177. The molecule has 0 fully saturated rings. The van der Waals surface area contributed by atoms with Gasteiger partial charge in [-0.2, -0.15) is 0 Å². The Balaban J connectivity index is 2.20. The Hall–Kier alpha value is -1.75. The van der Waals surface area contributed by atoms with Crippen molar-refractivity contribution in [2.75, 3.05) is 6.61 Å². The second kappa shape index (κ2) is 6.43. The minimum absolute atomic E-state index is 0.291. The van der Waals surface area contributed by atoms with Crippen LogP contribution in [-0.2, 0) is 11.2 Å². The zero-order chi connectivity index (χ0) is 13.7. The molecule has 0 aliphatic heterocycles. The molecule has 4 nitrogen and oxygen atoms in total. The first-order chi connectivity index (χ1) is 9.20. The number of halogens is 1. The normalized spacial score (nSPS) is 10.2. The number of esters is 1. The molecule has 1 aromatic heterocycles. The van der Waals surface area contributed by atoms with Crippen LogP contribution in [-0.4, -0.2) is 22.5 Å². The Kier molecular flexibility index (Phi) is 4.63. The maximum absolute atomic E-state index is 11.6. The van der Waals surface area contributed by atoms with E-state index in [2.05, 4.69) is 25.9 Å². The maximum atomic E-state index is 11.6. The molecular formula is C14H13BrN2O2. The SMILES string of the molecule is CCOC(=O)c1ccnc(Cc2ccccc2Br)n1. The summed E-state index contributed by atoms with van der Waals surface area (Å²) in [6.45, 7) is 2.10. The lowest BCUT2D eigenvalue weighted by atomic mass is 10.1. The van der Waals surface area contributed by atoms with E-state index >= 15 is 0 Å². The molecule has 0 saturated carbocycles. The molecular weight excluding hydrogens is 308 g/mol. The molecule has 0 N–H and O–H groups in total.